The summed E-state index contributed by atoms with van der Waals surface area (Å²) in [4.78, 5) is 46.8. The lowest BCUT2D eigenvalue weighted by atomic mass is 10.1. The Morgan fingerprint density at radius 2 is 1.84 bits per heavy atom. The molecule has 1 amide bonds. The van der Waals surface area contributed by atoms with Gasteiger partial charge in [0.05, 0.1) is 18.6 Å². The molecule has 4 rings (SSSR count). The number of thioether (sulfide) groups is 1. The molecule has 164 valence electrons. The Kier molecular flexibility index (Phi) is 5.95. The highest BCUT2D eigenvalue weighted by molar-refractivity contribution is 8.00. The summed E-state index contributed by atoms with van der Waals surface area (Å²) in [6, 6.07) is 11.1. The van der Waals surface area contributed by atoms with Crippen LogP contribution in [0, 0.1) is 6.92 Å². The highest BCUT2D eigenvalue weighted by Gasteiger charge is 2.19. The maximum Gasteiger partial charge on any atom is 0.332 e. The number of rotatable bonds is 6. The molecular formula is C22H21N5O4S. The summed E-state index contributed by atoms with van der Waals surface area (Å²) in [6.07, 6.45) is 1.54. The molecule has 0 fully saturated rings. The summed E-state index contributed by atoms with van der Waals surface area (Å²) in [5.74, 6) is 0.809. The highest BCUT2D eigenvalue weighted by Crippen LogP contribution is 2.26. The number of nitrogens with zero attached hydrogens (tertiary/aromatic N) is 4. The van der Waals surface area contributed by atoms with Crippen molar-refractivity contribution < 1.29 is 9.21 Å². The highest BCUT2D eigenvalue weighted by atomic mass is 32.2. The van der Waals surface area contributed by atoms with Gasteiger partial charge < -0.3 is 9.73 Å². The molecule has 0 spiro atoms. The van der Waals surface area contributed by atoms with Gasteiger partial charge in [0.15, 0.2) is 11.5 Å². The second kappa shape index (κ2) is 8.83. The Bertz CT molecular complexity index is 1410. The Labute approximate surface area is 187 Å². The zero-order valence-corrected chi connectivity index (χ0v) is 18.6. The van der Waals surface area contributed by atoms with Gasteiger partial charge in [0.2, 0.25) is 5.91 Å². The second-order valence-corrected chi connectivity index (χ2v) is 8.23. The molecule has 0 aliphatic carbocycles. The third-order valence-corrected chi connectivity index (χ3v) is 5.93. The number of furan rings is 1. The standard InChI is InChI=1S/C22H21N5O4S/c1-13-6-8-14(9-7-13)18-24-19-17(21(29)27(3)22(30)26(19)2)20(25-18)32-12-16(28)23-11-15-5-4-10-31-15/h4-10H,11-12H2,1-3H3,(H,23,28). The van der Waals surface area contributed by atoms with Crippen molar-refractivity contribution >= 4 is 28.7 Å². The molecule has 3 heterocycles. The number of hydrogen-bond acceptors (Lipinski definition) is 7. The van der Waals surface area contributed by atoms with Gasteiger partial charge in [-0.05, 0) is 19.1 Å². The van der Waals surface area contributed by atoms with Crippen molar-refractivity contribution in [3.8, 4) is 11.4 Å². The van der Waals surface area contributed by atoms with E-state index in [1.807, 2.05) is 31.2 Å². The SMILES string of the molecule is Cc1ccc(-c2nc(SCC(=O)NCc3ccco3)c3c(=O)n(C)c(=O)n(C)c3n2)cc1. The fourth-order valence-corrected chi connectivity index (χ4v) is 3.99. The zero-order chi connectivity index (χ0) is 22.8. The molecule has 0 aliphatic rings. The van der Waals surface area contributed by atoms with Crippen molar-refractivity contribution in [1.82, 2.24) is 24.4 Å². The van der Waals surface area contributed by atoms with E-state index in [1.165, 1.54) is 17.9 Å². The molecule has 0 unspecified atom stereocenters. The summed E-state index contributed by atoms with van der Waals surface area (Å²) in [5, 5.41) is 3.31. The number of amides is 1. The minimum Gasteiger partial charge on any atom is -0.467 e. The Hall–Kier alpha value is -3.66. The van der Waals surface area contributed by atoms with Gasteiger partial charge in [0.1, 0.15) is 16.2 Å². The predicted octanol–water partition coefficient (Wildman–Crippen LogP) is 2.00. The molecular weight excluding hydrogens is 430 g/mol. The molecule has 0 atom stereocenters. The Morgan fingerprint density at radius 1 is 1.09 bits per heavy atom. The van der Waals surface area contributed by atoms with Crippen LogP contribution in [0.2, 0.25) is 0 Å². The van der Waals surface area contributed by atoms with Crippen LogP contribution in [0.25, 0.3) is 22.4 Å². The number of carbonyl (C=O) groups excluding carboxylic acids is 1. The van der Waals surface area contributed by atoms with Crippen LogP contribution in [0.4, 0.5) is 0 Å². The van der Waals surface area contributed by atoms with Gasteiger partial charge in [-0.15, -0.1) is 0 Å². The zero-order valence-electron chi connectivity index (χ0n) is 17.8. The molecule has 10 heteroatoms. The topological polar surface area (TPSA) is 112 Å². The minimum atomic E-state index is -0.503. The van der Waals surface area contributed by atoms with Crippen molar-refractivity contribution in [3.63, 3.8) is 0 Å². The number of benzene rings is 1. The van der Waals surface area contributed by atoms with Crippen LogP contribution in [-0.4, -0.2) is 30.8 Å². The molecule has 1 N–H and O–H groups in total. The van der Waals surface area contributed by atoms with Gasteiger partial charge in [0, 0.05) is 19.7 Å². The normalized spacial score (nSPS) is 11.1. The van der Waals surface area contributed by atoms with Crippen molar-refractivity contribution in [2.75, 3.05) is 5.75 Å². The van der Waals surface area contributed by atoms with E-state index in [4.69, 9.17) is 4.42 Å². The molecule has 1 aromatic carbocycles. The third kappa shape index (κ3) is 4.22. The fraction of sp³-hybridized carbons (Fsp3) is 0.227. The van der Waals surface area contributed by atoms with E-state index in [2.05, 4.69) is 15.3 Å². The Balaban J connectivity index is 1.73. The number of aryl methyl sites for hydroxylation is 2. The molecule has 0 aliphatic heterocycles. The smallest absolute Gasteiger partial charge is 0.332 e. The fourth-order valence-electron chi connectivity index (χ4n) is 3.15. The molecule has 0 bridgehead atoms. The summed E-state index contributed by atoms with van der Waals surface area (Å²) < 4.78 is 7.54. The van der Waals surface area contributed by atoms with Crippen molar-refractivity contribution in [2.45, 2.75) is 18.5 Å². The van der Waals surface area contributed by atoms with E-state index < -0.39 is 11.2 Å². The maximum atomic E-state index is 12.9. The van der Waals surface area contributed by atoms with E-state index in [-0.39, 0.29) is 29.2 Å². The molecule has 0 saturated carbocycles. The molecule has 0 radical (unpaired) electrons. The first kappa shape index (κ1) is 21.6. The van der Waals surface area contributed by atoms with Crippen LogP contribution in [0.5, 0.6) is 0 Å². The molecule has 32 heavy (non-hydrogen) atoms. The summed E-state index contributed by atoms with van der Waals surface area (Å²) in [7, 11) is 2.96. The van der Waals surface area contributed by atoms with Gasteiger partial charge in [-0.2, -0.15) is 0 Å². The number of fused-ring (bicyclic) bond motifs is 1. The average Bonchev–Trinajstić information content (AvgIpc) is 3.32. The molecule has 4 aromatic rings. The molecule has 3 aromatic heterocycles. The monoisotopic (exact) mass is 451 g/mol. The summed E-state index contributed by atoms with van der Waals surface area (Å²) >= 11 is 1.12. The van der Waals surface area contributed by atoms with Gasteiger partial charge >= 0.3 is 5.69 Å². The van der Waals surface area contributed by atoms with Gasteiger partial charge in [-0.1, -0.05) is 41.6 Å². The average molecular weight is 452 g/mol. The predicted molar refractivity (Wildman–Crippen MR) is 121 cm³/mol. The number of aromatic nitrogens is 4. The summed E-state index contributed by atoms with van der Waals surface area (Å²) in [6.45, 7) is 2.24. The number of nitrogens with one attached hydrogen (secondary N) is 1. The van der Waals surface area contributed by atoms with E-state index in [0.717, 1.165) is 27.5 Å². The van der Waals surface area contributed by atoms with Gasteiger partial charge in [0.25, 0.3) is 5.56 Å². The van der Waals surface area contributed by atoms with Crippen LogP contribution in [0.3, 0.4) is 0 Å². The van der Waals surface area contributed by atoms with Gasteiger partial charge in [-0.3, -0.25) is 18.7 Å². The number of hydrogen-bond donors (Lipinski definition) is 1. The first-order valence-electron chi connectivity index (χ1n) is 9.82. The molecule has 0 saturated heterocycles. The van der Waals surface area contributed by atoms with E-state index in [1.54, 1.807) is 19.2 Å². The largest absolute Gasteiger partial charge is 0.467 e. The lowest BCUT2D eigenvalue weighted by Crippen LogP contribution is -2.37. The summed E-state index contributed by atoms with van der Waals surface area (Å²) in [5.41, 5.74) is 1.07. The van der Waals surface area contributed by atoms with E-state index >= 15 is 0 Å². The van der Waals surface area contributed by atoms with Crippen LogP contribution in [0.1, 0.15) is 11.3 Å². The molecule has 9 nitrogen and oxygen atoms in total. The van der Waals surface area contributed by atoms with Gasteiger partial charge in [-0.25, -0.2) is 14.8 Å². The minimum absolute atomic E-state index is 0.0339. The maximum absolute atomic E-state index is 12.9. The lowest BCUT2D eigenvalue weighted by molar-refractivity contribution is -0.118. The third-order valence-electron chi connectivity index (χ3n) is 4.96. The lowest BCUT2D eigenvalue weighted by Gasteiger charge is -2.12. The van der Waals surface area contributed by atoms with Crippen molar-refractivity contribution in [3.05, 3.63) is 74.8 Å². The van der Waals surface area contributed by atoms with Crippen LogP contribution < -0.4 is 16.6 Å². The quantitative estimate of drug-likeness (QED) is 0.352. The van der Waals surface area contributed by atoms with E-state index in [9.17, 15) is 14.4 Å². The second-order valence-electron chi connectivity index (χ2n) is 7.27. The number of carbonyl (C=O) groups is 1. The van der Waals surface area contributed by atoms with Crippen molar-refractivity contribution in [1.29, 1.82) is 0 Å². The first-order valence-corrected chi connectivity index (χ1v) is 10.8. The Morgan fingerprint density at radius 3 is 2.53 bits per heavy atom. The van der Waals surface area contributed by atoms with Crippen LogP contribution in [-0.2, 0) is 25.4 Å². The van der Waals surface area contributed by atoms with Crippen LogP contribution >= 0.6 is 11.8 Å². The first-order chi connectivity index (χ1) is 15.3. The van der Waals surface area contributed by atoms with E-state index in [0.29, 0.717) is 16.6 Å². The van der Waals surface area contributed by atoms with Crippen molar-refractivity contribution in [2.24, 2.45) is 14.1 Å². The van der Waals surface area contributed by atoms with Crippen LogP contribution in [0.15, 0.2) is 61.7 Å².